The standard InChI is InChI=1S/C36H38F2N4O8/c1-11-27(43)40-21-14-12-13-19(2)31(21)42(34(46)50-36(6,7)8)26-16-20-15-22(41(23(20)18-39-26)33(45)49-35(3,4)5)32(44)28-29(37)24(47-9)17-25(48-10)30(28)38/h11-18H,1H2,2-10H3,(H,40,43). The summed E-state index contributed by atoms with van der Waals surface area (Å²) in [5.41, 5.74) is -2.54. The molecule has 50 heavy (non-hydrogen) atoms. The Morgan fingerprint density at radius 3 is 2.06 bits per heavy atom. The number of ether oxygens (including phenoxy) is 4. The minimum absolute atomic E-state index is 0.0103. The van der Waals surface area contributed by atoms with Gasteiger partial charge in [0.25, 0.3) is 0 Å². The van der Waals surface area contributed by atoms with Crippen LogP contribution in [0.2, 0.25) is 0 Å². The lowest BCUT2D eigenvalue weighted by Crippen LogP contribution is -2.35. The predicted octanol–water partition coefficient (Wildman–Crippen LogP) is 7.85. The lowest BCUT2D eigenvalue weighted by Gasteiger charge is -2.29. The fourth-order valence-electron chi connectivity index (χ4n) is 4.95. The van der Waals surface area contributed by atoms with Crippen LogP contribution in [0.3, 0.4) is 0 Å². The first-order valence-electron chi connectivity index (χ1n) is 15.3. The van der Waals surface area contributed by atoms with Crippen LogP contribution in [0.25, 0.3) is 10.9 Å². The Labute approximate surface area is 287 Å². The highest BCUT2D eigenvalue weighted by molar-refractivity contribution is 6.14. The number of fused-ring (bicyclic) bond motifs is 1. The van der Waals surface area contributed by atoms with Gasteiger partial charge in [-0.25, -0.2) is 32.8 Å². The lowest BCUT2D eigenvalue weighted by atomic mass is 10.0. The summed E-state index contributed by atoms with van der Waals surface area (Å²) in [6.07, 6.45) is 0.346. The molecule has 0 saturated carbocycles. The molecule has 0 radical (unpaired) electrons. The maximum absolute atomic E-state index is 15.5. The maximum Gasteiger partial charge on any atom is 0.420 e. The number of halogens is 2. The number of para-hydroxylation sites is 1. The summed E-state index contributed by atoms with van der Waals surface area (Å²) >= 11 is 0. The molecule has 264 valence electrons. The van der Waals surface area contributed by atoms with Crippen LogP contribution in [0.1, 0.15) is 63.2 Å². The van der Waals surface area contributed by atoms with E-state index in [1.165, 1.54) is 18.3 Å². The van der Waals surface area contributed by atoms with Crippen molar-refractivity contribution >= 4 is 52.0 Å². The number of ketones is 1. The van der Waals surface area contributed by atoms with E-state index < -0.39 is 69.5 Å². The zero-order chi connectivity index (χ0) is 37.3. The van der Waals surface area contributed by atoms with Crippen LogP contribution in [-0.4, -0.2) is 58.8 Å². The summed E-state index contributed by atoms with van der Waals surface area (Å²) in [6.45, 7) is 15.0. The predicted molar refractivity (Wildman–Crippen MR) is 183 cm³/mol. The summed E-state index contributed by atoms with van der Waals surface area (Å²) in [5, 5.41) is 2.83. The van der Waals surface area contributed by atoms with Gasteiger partial charge in [-0.15, -0.1) is 0 Å². The second kappa shape index (κ2) is 14.0. The minimum Gasteiger partial charge on any atom is -0.494 e. The smallest absolute Gasteiger partial charge is 0.420 e. The number of aryl methyl sites for hydroxylation is 1. The monoisotopic (exact) mass is 692 g/mol. The van der Waals surface area contributed by atoms with E-state index in [4.69, 9.17) is 18.9 Å². The molecular formula is C36H38F2N4O8. The van der Waals surface area contributed by atoms with Gasteiger partial charge in [-0.2, -0.15) is 0 Å². The van der Waals surface area contributed by atoms with Gasteiger partial charge in [0, 0.05) is 11.5 Å². The molecule has 0 fully saturated rings. The van der Waals surface area contributed by atoms with Crippen molar-refractivity contribution < 1.29 is 46.9 Å². The number of hydrogen-bond acceptors (Lipinski definition) is 9. The Bertz CT molecular complexity index is 2000. The molecule has 4 aromatic rings. The Morgan fingerprint density at radius 2 is 1.52 bits per heavy atom. The first-order chi connectivity index (χ1) is 23.3. The van der Waals surface area contributed by atoms with Crippen LogP contribution in [0, 0.1) is 18.6 Å². The van der Waals surface area contributed by atoms with E-state index in [-0.39, 0.29) is 28.1 Å². The molecule has 1 N–H and O–H groups in total. The average Bonchev–Trinajstić information content (AvgIpc) is 3.40. The fraction of sp³-hybridized carbons (Fsp3) is 0.306. The summed E-state index contributed by atoms with van der Waals surface area (Å²) in [6, 6.07) is 8.48. The number of carbonyl (C=O) groups is 4. The quantitative estimate of drug-likeness (QED) is 0.144. The van der Waals surface area contributed by atoms with Crippen LogP contribution >= 0.6 is 0 Å². The lowest BCUT2D eigenvalue weighted by molar-refractivity contribution is -0.111. The van der Waals surface area contributed by atoms with E-state index in [9.17, 15) is 19.2 Å². The van der Waals surface area contributed by atoms with Gasteiger partial charge in [-0.1, -0.05) is 18.7 Å². The van der Waals surface area contributed by atoms with Crippen molar-refractivity contribution in [1.82, 2.24) is 9.55 Å². The molecule has 12 nitrogen and oxygen atoms in total. The molecule has 0 saturated heterocycles. The van der Waals surface area contributed by atoms with Gasteiger partial charge in [-0.3, -0.25) is 9.59 Å². The number of nitrogens with zero attached hydrogens (tertiary/aromatic N) is 3. The third-order valence-corrected chi connectivity index (χ3v) is 6.99. The van der Waals surface area contributed by atoms with Gasteiger partial charge in [0.1, 0.15) is 28.3 Å². The first-order valence-corrected chi connectivity index (χ1v) is 15.3. The molecule has 14 heteroatoms. The number of benzene rings is 2. The van der Waals surface area contributed by atoms with Crippen molar-refractivity contribution in [2.75, 3.05) is 24.4 Å². The highest BCUT2D eigenvalue weighted by Crippen LogP contribution is 2.38. The molecule has 0 aliphatic rings. The van der Waals surface area contributed by atoms with Crippen molar-refractivity contribution in [3.05, 3.63) is 83.7 Å². The van der Waals surface area contributed by atoms with E-state index in [0.29, 0.717) is 5.56 Å². The van der Waals surface area contributed by atoms with Crippen LogP contribution in [0.15, 0.2) is 55.3 Å². The van der Waals surface area contributed by atoms with Crippen LogP contribution < -0.4 is 19.7 Å². The molecule has 2 aromatic carbocycles. The first kappa shape index (κ1) is 37.0. The topological polar surface area (TPSA) is 138 Å². The molecule has 0 spiro atoms. The average molecular weight is 693 g/mol. The molecular weight excluding hydrogens is 654 g/mol. The van der Waals surface area contributed by atoms with Gasteiger partial charge in [0.2, 0.25) is 11.7 Å². The van der Waals surface area contributed by atoms with Gasteiger partial charge in [0.05, 0.1) is 37.3 Å². The number of aromatic nitrogens is 2. The molecule has 0 bridgehead atoms. The summed E-state index contributed by atoms with van der Waals surface area (Å²) in [4.78, 5) is 59.5. The van der Waals surface area contributed by atoms with Crippen LogP contribution in [0.5, 0.6) is 11.5 Å². The molecule has 2 heterocycles. The van der Waals surface area contributed by atoms with Crippen molar-refractivity contribution in [1.29, 1.82) is 0 Å². The number of nitrogens with one attached hydrogen (secondary N) is 1. The van der Waals surface area contributed by atoms with Gasteiger partial charge in [-0.05, 0) is 78.3 Å². The Hall–Kier alpha value is -5.79. The molecule has 2 aromatic heterocycles. The second-order valence-corrected chi connectivity index (χ2v) is 13.0. The SMILES string of the molecule is C=CC(=O)Nc1cccc(C)c1N(C(=O)OC(C)(C)C)c1cc2cc(C(=O)c3c(F)c(OC)cc(OC)c3F)n(C(=O)OC(C)(C)C)c2cn1. The van der Waals surface area contributed by atoms with E-state index in [2.05, 4.69) is 16.9 Å². The molecule has 0 unspecified atom stereocenters. The van der Waals surface area contributed by atoms with E-state index in [1.54, 1.807) is 66.7 Å². The number of pyridine rings is 1. The summed E-state index contributed by atoms with van der Waals surface area (Å²) in [7, 11) is 2.27. The van der Waals surface area contributed by atoms with Gasteiger partial charge < -0.3 is 24.3 Å². The van der Waals surface area contributed by atoms with E-state index >= 15 is 8.78 Å². The number of amides is 2. The second-order valence-electron chi connectivity index (χ2n) is 13.0. The van der Waals surface area contributed by atoms with Crippen molar-refractivity contribution in [2.45, 2.75) is 59.7 Å². The molecule has 4 rings (SSSR count). The Balaban J connectivity index is 2.03. The summed E-state index contributed by atoms with van der Waals surface area (Å²) in [5.74, 6) is -5.41. The highest BCUT2D eigenvalue weighted by atomic mass is 19.1. The van der Waals surface area contributed by atoms with E-state index in [0.717, 1.165) is 35.8 Å². The Kier molecular flexibility index (Phi) is 10.4. The molecule has 2 amide bonds. The zero-order valence-electron chi connectivity index (χ0n) is 29.2. The Morgan fingerprint density at radius 1 is 0.920 bits per heavy atom. The van der Waals surface area contributed by atoms with Crippen molar-refractivity contribution in [3.63, 3.8) is 0 Å². The van der Waals surface area contributed by atoms with Crippen LogP contribution in [0.4, 0.5) is 35.6 Å². The van der Waals surface area contributed by atoms with Gasteiger partial charge >= 0.3 is 12.2 Å². The van der Waals surface area contributed by atoms with Gasteiger partial charge in [0.15, 0.2) is 23.1 Å². The molecule has 0 aliphatic heterocycles. The third kappa shape index (κ3) is 7.59. The van der Waals surface area contributed by atoms with E-state index in [1.807, 2.05) is 0 Å². The number of hydrogen-bond donors (Lipinski definition) is 1. The molecule has 0 atom stereocenters. The normalized spacial score (nSPS) is 11.5. The van der Waals surface area contributed by atoms with Crippen molar-refractivity contribution in [2.24, 2.45) is 0 Å². The highest BCUT2D eigenvalue weighted by Gasteiger charge is 2.34. The molecule has 0 aliphatic carbocycles. The fourth-order valence-corrected chi connectivity index (χ4v) is 4.95. The third-order valence-electron chi connectivity index (χ3n) is 6.99. The maximum atomic E-state index is 15.5. The van der Waals surface area contributed by atoms with Crippen LogP contribution in [-0.2, 0) is 14.3 Å². The number of carbonyl (C=O) groups excluding carboxylic acids is 4. The summed E-state index contributed by atoms with van der Waals surface area (Å²) < 4.78 is 53.2. The number of methoxy groups -OCH3 is 2. The van der Waals surface area contributed by atoms with Crippen molar-refractivity contribution in [3.8, 4) is 11.5 Å². The zero-order valence-corrected chi connectivity index (χ0v) is 29.2. The largest absolute Gasteiger partial charge is 0.494 e. The minimum atomic E-state index is -1.32. The number of rotatable bonds is 8. The number of anilines is 3.